The van der Waals surface area contributed by atoms with Crippen molar-refractivity contribution in [3.63, 3.8) is 0 Å². The van der Waals surface area contributed by atoms with Gasteiger partial charge >= 0.3 is 0 Å². The Kier molecular flexibility index (Phi) is 3.69. The molecule has 0 aliphatic carbocycles. The number of aromatic nitrogens is 1. The molecule has 1 aromatic heterocycles. The monoisotopic (exact) mass is 284 g/mol. The van der Waals surface area contributed by atoms with Crippen molar-refractivity contribution in [3.8, 4) is 5.75 Å². The summed E-state index contributed by atoms with van der Waals surface area (Å²) in [6.07, 6.45) is 3.65. The fourth-order valence-electron chi connectivity index (χ4n) is 2.88. The van der Waals surface area contributed by atoms with Gasteiger partial charge in [0.2, 0.25) is 0 Å². The highest BCUT2D eigenvalue weighted by molar-refractivity contribution is 5.95. The average molecular weight is 284 g/mol. The van der Waals surface area contributed by atoms with Gasteiger partial charge < -0.3 is 14.6 Å². The number of carbonyl (C=O) groups is 1. The standard InChI is InChI=1S/C17H20N2O2/c1-3-15-14(8-9-19(15)2)17(20)18-11-13-10-12-6-4-5-7-16(12)21-13/h4-9,13H,3,10-11H2,1-2H3,(H,18,20)/t13-/m1/s1. The minimum Gasteiger partial charge on any atom is -0.488 e. The molecule has 0 unspecified atom stereocenters. The van der Waals surface area contributed by atoms with Gasteiger partial charge in [-0.1, -0.05) is 25.1 Å². The van der Waals surface area contributed by atoms with Crippen molar-refractivity contribution in [1.29, 1.82) is 0 Å². The average Bonchev–Trinajstić information content (AvgIpc) is 3.07. The Morgan fingerprint density at radius 3 is 2.95 bits per heavy atom. The summed E-state index contributed by atoms with van der Waals surface area (Å²) in [6, 6.07) is 9.91. The van der Waals surface area contributed by atoms with Crippen molar-refractivity contribution < 1.29 is 9.53 Å². The van der Waals surface area contributed by atoms with Crippen LogP contribution in [0.5, 0.6) is 5.75 Å². The van der Waals surface area contributed by atoms with Crippen LogP contribution in [-0.4, -0.2) is 23.1 Å². The first-order valence-electron chi connectivity index (χ1n) is 7.36. The Morgan fingerprint density at radius 2 is 2.19 bits per heavy atom. The van der Waals surface area contributed by atoms with Crippen LogP contribution >= 0.6 is 0 Å². The summed E-state index contributed by atoms with van der Waals surface area (Å²) < 4.78 is 7.83. The van der Waals surface area contributed by atoms with Crippen LogP contribution in [0, 0.1) is 0 Å². The van der Waals surface area contributed by atoms with E-state index in [1.54, 1.807) is 0 Å². The fraction of sp³-hybridized carbons (Fsp3) is 0.353. The number of hydrogen-bond donors (Lipinski definition) is 1. The highest BCUT2D eigenvalue weighted by Crippen LogP contribution is 2.27. The van der Waals surface area contributed by atoms with Gasteiger partial charge in [-0.05, 0) is 24.1 Å². The molecule has 2 aromatic rings. The van der Waals surface area contributed by atoms with Gasteiger partial charge in [0.25, 0.3) is 5.91 Å². The molecule has 0 fully saturated rings. The second kappa shape index (κ2) is 5.64. The topological polar surface area (TPSA) is 43.3 Å². The third-order valence-corrected chi connectivity index (χ3v) is 3.99. The summed E-state index contributed by atoms with van der Waals surface area (Å²) >= 11 is 0. The number of nitrogens with zero attached hydrogens (tertiary/aromatic N) is 1. The Bertz CT molecular complexity index is 636. The summed E-state index contributed by atoms with van der Waals surface area (Å²) in [4.78, 5) is 12.3. The zero-order valence-electron chi connectivity index (χ0n) is 12.4. The van der Waals surface area contributed by atoms with E-state index in [0.29, 0.717) is 6.54 Å². The van der Waals surface area contributed by atoms with Crippen LogP contribution in [0.2, 0.25) is 0 Å². The molecule has 0 radical (unpaired) electrons. The lowest BCUT2D eigenvalue weighted by Crippen LogP contribution is -2.34. The van der Waals surface area contributed by atoms with E-state index in [1.807, 2.05) is 42.1 Å². The SMILES string of the molecule is CCc1c(C(=O)NC[C@H]2Cc3ccccc3O2)ccn1C. The van der Waals surface area contributed by atoms with Gasteiger partial charge in [0, 0.05) is 25.4 Å². The minimum absolute atomic E-state index is 0.0213. The molecule has 1 aromatic carbocycles. The molecular weight excluding hydrogens is 264 g/mol. The molecule has 110 valence electrons. The van der Waals surface area contributed by atoms with E-state index in [1.165, 1.54) is 5.56 Å². The summed E-state index contributed by atoms with van der Waals surface area (Å²) in [5.74, 6) is 0.915. The van der Waals surface area contributed by atoms with E-state index in [9.17, 15) is 4.79 Å². The first kappa shape index (κ1) is 13.7. The molecule has 0 bridgehead atoms. The molecule has 1 amide bonds. The van der Waals surface area contributed by atoms with Crippen molar-refractivity contribution in [2.75, 3.05) is 6.54 Å². The largest absolute Gasteiger partial charge is 0.488 e. The lowest BCUT2D eigenvalue weighted by Gasteiger charge is -2.12. The summed E-state index contributed by atoms with van der Waals surface area (Å²) in [5, 5.41) is 2.99. The smallest absolute Gasteiger partial charge is 0.253 e. The van der Waals surface area contributed by atoms with E-state index in [4.69, 9.17) is 4.74 Å². The molecule has 0 spiro atoms. The zero-order chi connectivity index (χ0) is 14.8. The highest BCUT2D eigenvalue weighted by atomic mass is 16.5. The molecule has 0 saturated carbocycles. The number of nitrogens with one attached hydrogen (secondary N) is 1. The van der Waals surface area contributed by atoms with Gasteiger partial charge in [-0.25, -0.2) is 0 Å². The molecule has 2 heterocycles. The van der Waals surface area contributed by atoms with Gasteiger partial charge in [0.15, 0.2) is 0 Å². The van der Waals surface area contributed by atoms with Crippen molar-refractivity contribution in [1.82, 2.24) is 9.88 Å². The maximum atomic E-state index is 12.3. The van der Waals surface area contributed by atoms with E-state index in [0.717, 1.165) is 29.8 Å². The number of rotatable bonds is 4. The number of aryl methyl sites for hydroxylation is 1. The van der Waals surface area contributed by atoms with Crippen LogP contribution in [0.25, 0.3) is 0 Å². The Balaban J connectivity index is 1.60. The predicted molar refractivity (Wildman–Crippen MR) is 81.7 cm³/mol. The van der Waals surface area contributed by atoms with Gasteiger partial charge in [0.1, 0.15) is 11.9 Å². The quantitative estimate of drug-likeness (QED) is 0.936. The van der Waals surface area contributed by atoms with Crippen LogP contribution in [-0.2, 0) is 19.9 Å². The van der Waals surface area contributed by atoms with Crippen molar-refractivity contribution in [3.05, 3.63) is 53.3 Å². The molecule has 4 heteroatoms. The summed E-state index contributed by atoms with van der Waals surface area (Å²) in [7, 11) is 1.96. The Hall–Kier alpha value is -2.23. The van der Waals surface area contributed by atoms with Crippen molar-refractivity contribution in [2.45, 2.75) is 25.9 Å². The number of benzene rings is 1. The van der Waals surface area contributed by atoms with Crippen LogP contribution < -0.4 is 10.1 Å². The van der Waals surface area contributed by atoms with E-state index < -0.39 is 0 Å². The van der Waals surface area contributed by atoms with Crippen molar-refractivity contribution in [2.24, 2.45) is 7.05 Å². The number of hydrogen-bond acceptors (Lipinski definition) is 2. The number of fused-ring (bicyclic) bond motifs is 1. The minimum atomic E-state index is -0.0213. The van der Waals surface area contributed by atoms with E-state index >= 15 is 0 Å². The molecule has 1 aliphatic rings. The van der Waals surface area contributed by atoms with Gasteiger partial charge in [-0.15, -0.1) is 0 Å². The molecular formula is C17H20N2O2. The second-order valence-electron chi connectivity index (χ2n) is 5.40. The highest BCUT2D eigenvalue weighted by Gasteiger charge is 2.23. The predicted octanol–water partition coefficient (Wildman–Crippen LogP) is 2.32. The first-order valence-corrected chi connectivity index (χ1v) is 7.36. The lowest BCUT2D eigenvalue weighted by atomic mass is 10.1. The van der Waals surface area contributed by atoms with Gasteiger partial charge in [-0.3, -0.25) is 4.79 Å². The summed E-state index contributed by atoms with van der Waals surface area (Å²) in [5.41, 5.74) is 3.03. The lowest BCUT2D eigenvalue weighted by molar-refractivity contribution is 0.0932. The maximum absolute atomic E-state index is 12.3. The Labute approximate surface area is 124 Å². The maximum Gasteiger partial charge on any atom is 0.253 e. The Morgan fingerprint density at radius 1 is 1.38 bits per heavy atom. The number of ether oxygens (including phenoxy) is 1. The molecule has 21 heavy (non-hydrogen) atoms. The molecule has 4 nitrogen and oxygen atoms in total. The molecule has 1 atom stereocenters. The zero-order valence-corrected chi connectivity index (χ0v) is 12.4. The van der Waals surface area contributed by atoms with Crippen LogP contribution in [0.4, 0.5) is 0 Å². The van der Waals surface area contributed by atoms with Crippen LogP contribution in [0.3, 0.4) is 0 Å². The fourth-order valence-corrected chi connectivity index (χ4v) is 2.88. The number of para-hydroxylation sites is 1. The number of carbonyl (C=O) groups excluding carboxylic acids is 1. The third kappa shape index (κ3) is 2.66. The molecule has 1 N–H and O–H groups in total. The molecule has 3 rings (SSSR count). The van der Waals surface area contributed by atoms with Crippen LogP contribution in [0.1, 0.15) is 28.5 Å². The van der Waals surface area contributed by atoms with Crippen LogP contribution in [0.15, 0.2) is 36.5 Å². The molecule has 0 saturated heterocycles. The van der Waals surface area contributed by atoms with Gasteiger partial charge in [-0.2, -0.15) is 0 Å². The normalized spacial score (nSPS) is 16.4. The van der Waals surface area contributed by atoms with Gasteiger partial charge in [0.05, 0.1) is 12.1 Å². The van der Waals surface area contributed by atoms with Crippen molar-refractivity contribution >= 4 is 5.91 Å². The first-order chi connectivity index (χ1) is 10.2. The van der Waals surface area contributed by atoms with E-state index in [-0.39, 0.29) is 12.0 Å². The second-order valence-corrected chi connectivity index (χ2v) is 5.40. The number of amides is 1. The van der Waals surface area contributed by atoms with E-state index in [2.05, 4.69) is 18.3 Å². The third-order valence-electron chi connectivity index (χ3n) is 3.99. The summed E-state index contributed by atoms with van der Waals surface area (Å²) in [6.45, 7) is 2.59. The molecule has 1 aliphatic heterocycles.